The fourth-order valence-electron chi connectivity index (χ4n) is 1.45. The monoisotopic (exact) mass is 198 g/mol. The lowest BCUT2D eigenvalue weighted by Crippen LogP contribution is -1.99. The fourth-order valence-corrected chi connectivity index (χ4v) is 1.45. The Morgan fingerprint density at radius 1 is 1.13 bits per heavy atom. The molecule has 1 heterocycles. The molecule has 0 bridgehead atoms. The molecule has 0 fully saturated rings. The zero-order valence-electron chi connectivity index (χ0n) is 8.77. The van der Waals surface area contributed by atoms with E-state index in [1.165, 1.54) is 11.1 Å². The molecule has 0 spiro atoms. The van der Waals surface area contributed by atoms with Crippen molar-refractivity contribution >= 4 is 5.69 Å². The van der Waals surface area contributed by atoms with Crippen LogP contribution in [0.2, 0.25) is 0 Å². The van der Waals surface area contributed by atoms with Crippen molar-refractivity contribution < 1.29 is 0 Å². The van der Waals surface area contributed by atoms with Crippen LogP contribution in [0.25, 0.3) is 0 Å². The summed E-state index contributed by atoms with van der Waals surface area (Å²) < 4.78 is 0. The van der Waals surface area contributed by atoms with E-state index >= 15 is 0 Å². The van der Waals surface area contributed by atoms with Crippen molar-refractivity contribution in [2.24, 2.45) is 0 Å². The Bertz CT molecular complexity index is 424. The third kappa shape index (κ3) is 2.81. The molecular formula is C13H14N2. The number of aromatic nitrogens is 1. The summed E-state index contributed by atoms with van der Waals surface area (Å²) in [6.07, 6.45) is 3.70. The third-order valence-corrected chi connectivity index (χ3v) is 2.21. The van der Waals surface area contributed by atoms with Crippen molar-refractivity contribution in [1.29, 1.82) is 0 Å². The maximum atomic E-state index is 4.13. The highest BCUT2D eigenvalue weighted by molar-refractivity contribution is 5.43. The van der Waals surface area contributed by atoms with Gasteiger partial charge in [0.05, 0.1) is 5.69 Å². The summed E-state index contributed by atoms with van der Waals surface area (Å²) in [5, 5.41) is 3.34. The van der Waals surface area contributed by atoms with Crippen LogP contribution < -0.4 is 5.32 Å². The zero-order chi connectivity index (χ0) is 10.5. The largest absolute Gasteiger partial charge is 0.380 e. The van der Waals surface area contributed by atoms with Crippen LogP contribution in [0.5, 0.6) is 0 Å². The molecule has 0 atom stereocenters. The van der Waals surface area contributed by atoms with E-state index in [0.29, 0.717) is 0 Å². The Morgan fingerprint density at radius 2 is 1.93 bits per heavy atom. The number of nitrogens with one attached hydrogen (secondary N) is 1. The molecule has 1 aromatic carbocycles. The van der Waals surface area contributed by atoms with Gasteiger partial charge in [0.15, 0.2) is 0 Å². The predicted molar refractivity (Wildman–Crippen MR) is 62.7 cm³/mol. The van der Waals surface area contributed by atoms with Crippen LogP contribution in [0.4, 0.5) is 5.69 Å². The summed E-state index contributed by atoms with van der Waals surface area (Å²) in [6.45, 7) is 2.88. The van der Waals surface area contributed by atoms with Gasteiger partial charge >= 0.3 is 0 Å². The number of anilines is 1. The lowest BCUT2D eigenvalue weighted by Gasteiger charge is -2.06. The second-order valence-corrected chi connectivity index (χ2v) is 3.59. The van der Waals surface area contributed by atoms with Crippen LogP contribution in [0.15, 0.2) is 48.8 Å². The summed E-state index contributed by atoms with van der Waals surface area (Å²) in [4.78, 5) is 4.13. The van der Waals surface area contributed by atoms with E-state index in [4.69, 9.17) is 0 Å². The average molecular weight is 198 g/mol. The van der Waals surface area contributed by atoms with Gasteiger partial charge in [-0.25, -0.2) is 0 Å². The molecule has 1 N–H and O–H groups in total. The topological polar surface area (TPSA) is 24.9 Å². The van der Waals surface area contributed by atoms with Gasteiger partial charge in [0.2, 0.25) is 0 Å². The van der Waals surface area contributed by atoms with Gasteiger partial charge in [0.25, 0.3) is 0 Å². The molecule has 0 saturated heterocycles. The smallest absolute Gasteiger partial charge is 0.0532 e. The van der Waals surface area contributed by atoms with Crippen LogP contribution in [-0.4, -0.2) is 4.98 Å². The summed E-state index contributed by atoms with van der Waals surface area (Å²) in [6, 6.07) is 12.4. The van der Waals surface area contributed by atoms with E-state index in [0.717, 1.165) is 12.2 Å². The lowest BCUT2D eigenvalue weighted by molar-refractivity contribution is 1.13. The number of hydrogen-bond donors (Lipinski definition) is 1. The summed E-state index contributed by atoms with van der Waals surface area (Å²) in [5.41, 5.74) is 3.52. The number of hydrogen-bond acceptors (Lipinski definition) is 2. The normalized spacial score (nSPS) is 9.93. The highest BCUT2D eigenvalue weighted by Crippen LogP contribution is 2.09. The number of rotatable bonds is 3. The lowest BCUT2D eigenvalue weighted by atomic mass is 10.2. The first-order valence-electron chi connectivity index (χ1n) is 5.04. The van der Waals surface area contributed by atoms with E-state index in [1.807, 2.05) is 37.5 Å². The predicted octanol–water partition coefficient (Wildman–Crippen LogP) is 3.00. The van der Waals surface area contributed by atoms with E-state index < -0.39 is 0 Å². The Labute approximate surface area is 90.0 Å². The number of nitrogens with zero attached hydrogens (tertiary/aromatic N) is 1. The first-order valence-corrected chi connectivity index (χ1v) is 5.04. The Kier molecular flexibility index (Phi) is 2.98. The minimum Gasteiger partial charge on any atom is -0.380 e. The van der Waals surface area contributed by atoms with Crippen LogP contribution in [0.1, 0.15) is 11.1 Å². The molecule has 0 aliphatic carbocycles. The van der Waals surface area contributed by atoms with Gasteiger partial charge in [-0.05, 0) is 24.1 Å². The molecule has 0 unspecified atom stereocenters. The van der Waals surface area contributed by atoms with Gasteiger partial charge in [-0.1, -0.05) is 30.3 Å². The molecule has 15 heavy (non-hydrogen) atoms. The number of pyridine rings is 1. The first-order chi connectivity index (χ1) is 7.34. The highest BCUT2D eigenvalue weighted by atomic mass is 14.9. The van der Waals surface area contributed by atoms with Gasteiger partial charge in [-0.2, -0.15) is 0 Å². The van der Waals surface area contributed by atoms with E-state index in [1.54, 1.807) is 0 Å². The van der Waals surface area contributed by atoms with Crippen molar-refractivity contribution in [3.8, 4) is 0 Å². The number of aryl methyl sites for hydroxylation is 1. The molecule has 0 radical (unpaired) electrons. The van der Waals surface area contributed by atoms with Crippen LogP contribution in [-0.2, 0) is 6.54 Å². The maximum absolute atomic E-state index is 4.13. The average Bonchev–Trinajstić information content (AvgIpc) is 2.28. The highest BCUT2D eigenvalue weighted by Gasteiger charge is 1.93. The molecule has 2 rings (SSSR count). The van der Waals surface area contributed by atoms with Crippen molar-refractivity contribution in [3.05, 3.63) is 59.9 Å². The molecule has 0 amide bonds. The van der Waals surface area contributed by atoms with Gasteiger partial charge in [0.1, 0.15) is 0 Å². The van der Waals surface area contributed by atoms with Crippen LogP contribution in [0, 0.1) is 6.92 Å². The standard InChI is InChI=1S/C13H14N2/c1-11-7-13(10-14-8-11)15-9-12-5-3-2-4-6-12/h2-8,10,15H,9H2,1H3. The summed E-state index contributed by atoms with van der Waals surface area (Å²) in [7, 11) is 0. The quantitative estimate of drug-likeness (QED) is 0.820. The van der Waals surface area contributed by atoms with Gasteiger partial charge in [0, 0.05) is 18.9 Å². The molecule has 2 aromatic rings. The Hall–Kier alpha value is -1.83. The van der Waals surface area contributed by atoms with Gasteiger partial charge in [-0.15, -0.1) is 0 Å². The first kappa shape index (κ1) is 9.71. The Balaban J connectivity index is 1.99. The van der Waals surface area contributed by atoms with E-state index in [-0.39, 0.29) is 0 Å². The van der Waals surface area contributed by atoms with Gasteiger partial charge < -0.3 is 5.32 Å². The van der Waals surface area contributed by atoms with Crippen molar-refractivity contribution in [3.63, 3.8) is 0 Å². The SMILES string of the molecule is Cc1cncc(NCc2ccccc2)c1. The van der Waals surface area contributed by atoms with Crippen molar-refractivity contribution in [2.75, 3.05) is 5.32 Å². The summed E-state index contributed by atoms with van der Waals surface area (Å²) >= 11 is 0. The Morgan fingerprint density at radius 3 is 2.67 bits per heavy atom. The van der Waals surface area contributed by atoms with Crippen LogP contribution in [0.3, 0.4) is 0 Å². The minimum absolute atomic E-state index is 0.839. The molecule has 0 aliphatic heterocycles. The van der Waals surface area contributed by atoms with Gasteiger partial charge in [-0.3, -0.25) is 4.98 Å². The maximum Gasteiger partial charge on any atom is 0.0532 e. The molecule has 2 nitrogen and oxygen atoms in total. The number of benzene rings is 1. The van der Waals surface area contributed by atoms with E-state index in [9.17, 15) is 0 Å². The van der Waals surface area contributed by atoms with E-state index in [2.05, 4.69) is 28.5 Å². The second kappa shape index (κ2) is 4.60. The van der Waals surface area contributed by atoms with Crippen molar-refractivity contribution in [1.82, 2.24) is 4.98 Å². The molecule has 0 aliphatic rings. The van der Waals surface area contributed by atoms with Crippen LogP contribution >= 0.6 is 0 Å². The third-order valence-electron chi connectivity index (χ3n) is 2.21. The fraction of sp³-hybridized carbons (Fsp3) is 0.154. The molecule has 76 valence electrons. The summed E-state index contributed by atoms with van der Waals surface area (Å²) in [5.74, 6) is 0. The zero-order valence-corrected chi connectivity index (χ0v) is 8.77. The molecule has 1 aromatic heterocycles. The van der Waals surface area contributed by atoms with Crippen molar-refractivity contribution in [2.45, 2.75) is 13.5 Å². The molecule has 0 saturated carbocycles. The minimum atomic E-state index is 0.839. The molecule has 2 heteroatoms. The second-order valence-electron chi connectivity index (χ2n) is 3.59. The molecular weight excluding hydrogens is 184 g/mol.